The second kappa shape index (κ2) is 6.60. The molecule has 2 rings (SSSR count). The molecular weight excluding hydrogens is 282 g/mol. The Bertz CT molecular complexity index is 568. The molecule has 1 aliphatic rings. The number of rotatable bonds is 2. The lowest BCUT2D eigenvalue weighted by molar-refractivity contribution is 0.0497. The van der Waals surface area contributed by atoms with E-state index in [-0.39, 0.29) is 12.1 Å². The van der Waals surface area contributed by atoms with Gasteiger partial charge in [0.1, 0.15) is 11.7 Å². The number of alkyl carbamates (subject to hydrolysis) is 1. The Morgan fingerprint density at radius 1 is 1.36 bits per heavy atom. The molecule has 0 radical (unpaired) electrons. The van der Waals surface area contributed by atoms with E-state index in [9.17, 15) is 4.79 Å². The maximum absolute atomic E-state index is 11.8. The molecule has 0 saturated carbocycles. The lowest BCUT2D eigenvalue weighted by atomic mass is 10.1. The Labute approximate surface area is 130 Å². The van der Waals surface area contributed by atoms with Gasteiger partial charge in [0.05, 0.1) is 0 Å². The monoisotopic (exact) mass is 303 g/mol. The smallest absolute Gasteiger partial charge is 0.407 e. The minimum atomic E-state index is -0.494. The maximum atomic E-state index is 11.8. The summed E-state index contributed by atoms with van der Waals surface area (Å²) in [5.74, 6) is 0.612. The summed E-state index contributed by atoms with van der Waals surface area (Å²) in [4.78, 5) is 22.1. The zero-order chi connectivity index (χ0) is 16.2. The topological polar surface area (TPSA) is 91.1 Å². The molecule has 0 unspecified atom stereocenters. The number of ether oxygens (including phenoxy) is 1. The van der Waals surface area contributed by atoms with Gasteiger partial charge in [-0.3, -0.25) is 0 Å². The van der Waals surface area contributed by atoms with E-state index >= 15 is 0 Å². The van der Waals surface area contributed by atoms with E-state index in [0.717, 1.165) is 12.8 Å². The summed E-state index contributed by atoms with van der Waals surface area (Å²) in [6.45, 7) is 6.95. The number of nitrogens with one attached hydrogen (secondary N) is 1. The van der Waals surface area contributed by atoms with E-state index in [1.165, 1.54) is 6.20 Å². The fourth-order valence-corrected chi connectivity index (χ4v) is 2.35. The first kappa shape index (κ1) is 16.0. The fourth-order valence-electron chi connectivity index (χ4n) is 2.35. The second-order valence-electron chi connectivity index (χ2n) is 6.25. The van der Waals surface area contributed by atoms with Crippen LogP contribution >= 0.6 is 0 Å². The van der Waals surface area contributed by atoms with E-state index in [1.807, 2.05) is 25.7 Å². The number of amides is 1. The van der Waals surface area contributed by atoms with Gasteiger partial charge < -0.3 is 15.0 Å². The van der Waals surface area contributed by atoms with Gasteiger partial charge in [0.2, 0.25) is 0 Å². The third kappa shape index (κ3) is 4.32. The van der Waals surface area contributed by atoms with Gasteiger partial charge in [-0.15, -0.1) is 0 Å². The van der Waals surface area contributed by atoms with Crippen molar-refractivity contribution >= 4 is 11.9 Å². The van der Waals surface area contributed by atoms with Gasteiger partial charge in [0, 0.05) is 31.5 Å². The highest BCUT2D eigenvalue weighted by molar-refractivity contribution is 5.68. The largest absolute Gasteiger partial charge is 0.444 e. The van der Waals surface area contributed by atoms with Crippen molar-refractivity contribution in [2.45, 2.75) is 45.3 Å². The number of nitrogens with zero attached hydrogens (tertiary/aromatic N) is 4. The van der Waals surface area contributed by atoms with Crippen LogP contribution in [0.1, 0.15) is 39.3 Å². The van der Waals surface area contributed by atoms with Crippen molar-refractivity contribution in [1.82, 2.24) is 15.3 Å². The molecule has 7 heteroatoms. The predicted octanol–water partition coefficient (Wildman–Crippen LogP) is 1.84. The zero-order valence-electron chi connectivity index (χ0n) is 13.2. The summed E-state index contributed by atoms with van der Waals surface area (Å²) in [7, 11) is 0. The Kier molecular flexibility index (Phi) is 4.81. The molecule has 0 bridgehead atoms. The summed E-state index contributed by atoms with van der Waals surface area (Å²) in [5.41, 5.74) is -0.160. The van der Waals surface area contributed by atoms with Crippen LogP contribution in [0.5, 0.6) is 0 Å². The number of hydrogen-bond donors (Lipinski definition) is 1. The van der Waals surface area contributed by atoms with E-state index in [0.29, 0.717) is 24.6 Å². The van der Waals surface area contributed by atoms with Crippen molar-refractivity contribution in [3.63, 3.8) is 0 Å². The number of nitriles is 1. The molecule has 7 nitrogen and oxygen atoms in total. The molecule has 1 aliphatic heterocycles. The van der Waals surface area contributed by atoms with Crippen LogP contribution in [0, 0.1) is 11.3 Å². The van der Waals surface area contributed by atoms with Crippen LogP contribution in [-0.4, -0.2) is 40.8 Å². The molecule has 1 fully saturated rings. The lowest BCUT2D eigenvalue weighted by Gasteiger charge is -2.33. The molecule has 1 aromatic rings. The van der Waals surface area contributed by atoms with E-state index in [4.69, 9.17) is 10.00 Å². The average Bonchev–Trinajstić information content (AvgIpc) is 2.46. The molecule has 118 valence electrons. The minimum absolute atomic E-state index is 0.0771. The summed E-state index contributed by atoms with van der Waals surface area (Å²) < 4.78 is 5.26. The normalized spacial score (nSPS) is 16.0. The standard InChI is InChI=1S/C15H21N5O2/c1-15(2,3)22-14(21)19-11-4-8-20(9-5-11)13-12(10-16)17-6-7-18-13/h6-7,11H,4-5,8-9H2,1-3H3,(H,19,21). The van der Waals surface area contributed by atoms with Crippen LogP contribution in [0.15, 0.2) is 12.4 Å². The molecule has 1 aromatic heterocycles. The summed E-state index contributed by atoms with van der Waals surface area (Å²) in [5, 5.41) is 12.0. The highest BCUT2D eigenvalue weighted by Gasteiger charge is 2.25. The first-order valence-electron chi connectivity index (χ1n) is 7.34. The highest BCUT2D eigenvalue weighted by Crippen LogP contribution is 2.20. The third-order valence-electron chi connectivity index (χ3n) is 3.30. The van der Waals surface area contributed by atoms with Crippen LogP contribution < -0.4 is 10.2 Å². The fraction of sp³-hybridized carbons (Fsp3) is 0.600. The number of carbonyl (C=O) groups excluding carboxylic acids is 1. The molecule has 22 heavy (non-hydrogen) atoms. The van der Waals surface area contributed by atoms with E-state index in [1.54, 1.807) is 6.20 Å². The minimum Gasteiger partial charge on any atom is -0.444 e. The predicted molar refractivity (Wildman–Crippen MR) is 81.4 cm³/mol. The quantitative estimate of drug-likeness (QED) is 0.896. The summed E-state index contributed by atoms with van der Waals surface area (Å²) >= 11 is 0. The van der Waals surface area contributed by atoms with Crippen LogP contribution in [-0.2, 0) is 4.74 Å². The Balaban J connectivity index is 1.88. The average molecular weight is 303 g/mol. The number of anilines is 1. The van der Waals surface area contributed by atoms with Crippen molar-refractivity contribution in [3.8, 4) is 6.07 Å². The summed E-state index contributed by atoms with van der Waals surface area (Å²) in [6.07, 6.45) is 4.27. The van der Waals surface area contributed by atoms with E-state index in [2.05, 4.69) is 21.4 Å². The van der Waals surface area contributed by atoms with Gasteiger partial charge in [-0.1, -0.05) is 0 Å². The Hall–Kier alpha value is -2.36. The van der Waals surface area contributed by atoms with Crippen LogP contribution in [0.25, 0.3) is 0 Å². The van der Waals surface area contributed by atoms with Gasteiger partial charge >= 0.3 is 6.09 Å². The Morgan fingerprint density at radius 2 is 2.00 bits per heavy atom. The molecule has 0 aliphatic carbocycles. The van der Waals surface area contributed by atoms with Crippen molar-refractivity contribution < 1.29 is 9.53 Å². The third-order valence-corrected chi connectivity index (χ3v) is 3.30. The summed E-state index contributed by atoms with van der Waals surface area (Å²) in [6, 6.07) is 2.13. The highest BCUT2D eigenvalue weighted by atomic mass is 16.6. The second-order valence-corrected chi connectivity index (χ2v) is 6.25. The van der Waals surface area contributed by atoms with Gasteiger partial charge in [0.15, 0.2) is 11.5 Å². The lowest BCUT2D eigenvalue weighted by Crippen LogP contribution is -2.46. The number of aromatic nitrogens is 2. The maximum Gasteiger partial charge on any atom is 0.407 e. The number of carbonyl (C=O) groups is 1. The molecule has 1 N–H and O–H groups in total. The van der Waals surface area contributed by atoms with Gasteiger partial charge in [-0.25, -0.2) is 14.8 Å². The molecule has 1 saturated heterocycles. The molecule has 0 spiro atoms. The van der Waals surface area contributed by atoms with Crippen molar-refractivity contribution in [1.29, 1.82) is 5.26 Å². The van der Waals surface area contributed by atoms with Crippen LogP contribution in [0.2, 0.25) is 0 Å². The SMILES string of the molecule is CC(C)(C)OC(=O)NC1CCN(c2nccnc2C#N)CC1. The first-order chi connectivity index (χ1) is 10.4. The first-order valence-corrected chi connectivity index (χ1v) is 7.34. The number of piperidine rings is 1. The molecule has 0 atom stereocenters. The molecule has 0 aromatic carbocycles. The van der Waals surface area contributed by atoms with Gasteiger partial charge in [-0.05, 0) is 33.6 Å². The number of hydrogen-bond acceptors (Lipinski definition) is 6. The Morgan fingerprint density at radius 3 is 2.59 bits per heavy atom. The zero-order valence-corrected chi connectivity index (χ0v) is 13.2. The molecule has 2 heterocycles. The van der Waals surface area contributed by atoms with Gasteiger partial charge in [0.25, 0.3) is 0 Å². The van der Waals surface area contributed by atoms with Crippen LogP contribution in [0.3, 0.4) is 0 Å². The van der Waals surface area contributed by atoms with Gasteiger partial charge in [-0.2, -0.15) is 5.26 Å². The van der Waals surface area contributed by atoms with Crippen molar-refractivity contribution in [3.05, 3.63) is 18.1 Å². The van der Waals surface area contributed by atoms with Crippen LogP contribution in [0.4, 0.5) is 10.6 Å². The van der Waals surface area contributed by atoms with Crippen molar-refractivity contribution in [2.75, 3.05) is 18.0 Å². The van der Waals surface area contributed by atoms with Crippen molar-refractivity contribution in [2.24, 2.45) is 0 Å². The molecule has 1 amide bonds. The van der Waals surface area contributed by atoms with E-state index < -0.39 is 5.60 Å². The molecular formula is C15H21N5O2.